The lowest BCUT2D eigenvalue weighted by atomic mass is 10.0. The minimum absolute atomic E-state index is 0.00530. The Labute approximate surface area is 130 Å². The zero-order chi connectivity index (χ0) is 16.3. The van der Waals surface area contributed by atoms with E-state index < -0.39 is 15.9 Å². The molecule has 0 aliphatic carbocycles. The molecule has 0 saturated carbocycles. The first kappa shape index (κ1) is 16.8. The number of nitrogens with zero attached hydrogens (tertiary/aromatic N) is 1. The average molecular weight is 330 g/mol. The second-order valence-corrected chi connectivity index (χ2v) is 7.86. The number of hydrogen-bond donors (Lipinski definition) is 1. The molecule has 1 atom stereocenters. The predicted molar refractivity (Wildman–Crippen MR) is 80.7 cm³/mol. The molecule has 0 aromatic rings. The summed E-state index contributed by atoms with van der Waals surface area (Å²) in [4.78, 5) is 25.9. The first-order valence-electron chi connectivity index (χ1n) is 7.38. The van der Waals surface area contributed by atoms with Gasteiger partial charge in [-0.15, -0.1) is 0 Å². The van der Waals surface area contributed by atoms with E-state index in [-0.39, 0.29) is 36.3 Å². The van der Waals surface area contributed by atoms with Gasteiger partial charge in [-0.05, 0) is 19.8 Å². The largest absolute Gasteiger partial charge is 0.498 e. The molecule has 2 rings (SSSR count). The molecule has 1 saturated heterocycles. The number of ether oxygens (including phenoxy) is 1. The van der Waals surface area contributed by atoms with E-state index in [1.54, 1.807) is 6.92 Å². The Morgan fingerprint density at radius 3 is 2.77 bits per heavy atom. The molecule has 0 radical (unpaired) electrons. The van der Waals surface area contributed by atoms with Crippen molar-refractivity contribution >= 4 is 21.7 Å². The summed E-state index contributed by atoms with van der Waals surface area (Å²) in [5.74, 6) is -0.106. The number of nitrogens with one attached hydrogen (secondary N) is 1. The molecule has 0 aromatic heterocycles. The summed E-state index contributed by atoms with van der Waals surface area (Å²) in [6.07, 6.45) is 1.39. The Morgan fingerprint density at radius 1 is 1.41 bits per heavy atom. The summed E-state index contributed by atoms with van der Waals surface area (Å²) in [5, 5.41) is 2.48. The number of sulfone groups is 1. The van der Waals surface area contributed by atoms with Crippen molar-refractivity contribution in [2.24, 2.45) is 0 Å². The van der Waals surface area contributed by atoms with Crippen LogP contribution in [0, 0.1) is 0 Å². The van der Waals surface area contributed by atoms with E-state index >= 15 is 0 Å². The Hall–Kier alpha value is -1.57. The minimum atomic E-state index is -3.22. The normalized spacial score (nSPS) is 24.6. The van der Waals surface area contributed by atoms with Crippen LogP contribution in [-0.4, -0.2) is 62.9 Å². The van der Waals surface area contributed by atoms with Gasteiger partial charge in [0.05, 0.1) is 29.7 Å². The Kier molecular flexibility index (Phi) is 5.10. The van der Waals surface area contributed by atoms with Crippen LogP contribution in [0.15, 0.2) is 11.3 Å². The van der Waals surface area contributed by atoms with Gasteiger partial charge in [0, 0.05) is 20.0 Å². The molecule has 22 heavy (non-hydrogen) atoms. The lowest BCUT2D eigenvalue weighted by Crippen LogP contribution is -2.53. The Bertz CT molecular complexity index is 596. The van der Waals surface area contributed by atoms with E-state index in [1.807, 2.05) is 0 Å². The Morgan fingerprint density at radius 2 is 2.14 bits per heavy atom. The second-order valence-electron chi connectivity index (χ2n) is 5.63. The van der Waals surface area contributed by atoms with Crippen molar-refractivity contribution in [1.82, 2.24) is 10.2 Å². The fraction of sp³-hybridized carbons (Fsp3) is 0.714. The molecule has 2 heterocycles. The van der Waals surface area contributed by atoms with Gasteiger partial charge in [-0.3, -0.25) is 9.59 Å². The predicted octanol–water partition coefficient (Wildman–Crippen LogP) is -0.167. The van der Waals surface area contributed by atoms with Gasteiger partial charge in [0.15, 0.2) is 9.84 Å². The van der Waals surface area contributed by atoms with Gasteiger partial charge < -0.3 is 15.0 Å². The molecule has 1 N–H and O–H groups in total. The van der Waals surface area contributed by atoms with Crippen molar-refractivity contribution in [3.63, 3.8) is 0 Å². The molecule has 7 nitrogen and oxygen atoms in total. The average Bonchev–Trinajstić information content (AvgIpc) is 2.46. The third-order valence-corrected chi connectivity index (χ3v) is 5.76. The monoisotopic (exact) mass is 330 g/mol. The van der Waals surface area contributed by atoms with Gasteiger partial charge in [-0.25, -0.2) is 8.42 Å². The lowest BCUT2D eigenvalue weighted by Gasteiger charge is -2.36. The third kappa shape index (κ3) is 3.79. The summed E-state index contributed by atoms with van der Waals surface area (Å²) < 4.78 is 29.1. The standard InChI is InChI=1S/C14H22N2O5S/c1-10-12(4-3-6-21-10)14(18)16-5-7-22(19,20)9-11(16)8-13(17)15-2/h11H,3-9H2,1-2H3,(H,15,17). The molecule has 2 amide bonds. The third-order valence-electron chi connectivity index (χ3n) is 4.06. The van der Waals surface area contributed by atoms with E-state index in [4.69, 9.17) is 4.74 Å². The van der Waals surface area contributed by atoms with E-state index in [2.05, 4.69) is 5.32 Å². The number of hydrogen-bond acceptors (Lipinski definition) is 5. The summed E-state index contributed by atoms with van der Waals surface area (Å²) in [6, 6.07) is -0.617. The summed E-state index contributed by atoms with van der Waals surface area (Å²) >= 11 is 0. The molecule has 0 bridgehead atoms. The molecule has 0 spiro atoms. The van der Waals surface area contributed by atoms with Crippen LogP contribution in [0.3, 0.4) is 0 Å². The van der Waals surface area contributed by atoms with Crippen LogP contribution < -0.4 is 5.32 Å². The van der Waals surface area contributed by atoms with E-state index in [0.717, 1.165) is 6.42 Å². The zero-order valence-electron chi connectivity index (χ0n) is 12.9. The van der Waals surface area contributed by atoms with Gasteiger partial charge in [0.25, 0.3) is 5.91 Å². The van der Waals surface area contributed by atoms with Crippen molar-refractivity contribution in [2.45, 2.75) is 32.2 Å². The Balaban J connectivity index is 2.22. The molecular formula is C14H22N2O5S. The maximum atomic E-state index is 12.7. The van der Waals surface area contributed by atoms with Gasteiger partial charge in [-0.1, -0.05) is 0 Å². The highest BCUT2D eigenvalue weighted by atomic mass is 32.2. The molecule has 1 unspecified atom stereocenters. The topological polar surface area (TPSA) is 92.8 Å². The van der Waals surface area contributed by atoms with Gasteiger partial charge in [0.2, 0.25) is 5.91 Å². The minimum Gasteiger partial charge on any atom is -0.498 e. The molecule has 1 fully saturated rings. The van der Waals surface area contributed by atoms with Crippen LogP contribution in [0.5, 0.6) is 0 Å². The summed E-state index contributed by atoms with van der Waals surface area (Å²) in [7, 11) is -1.72. The van der Waals surface area contributed by atoms with Crippen molar-refractivity contribution < 1.29 is 22.7 Å². The molecule has 124 valence electrons. The maximum Gasteiger partial charge on any atom is 0.253 e. The van der Waals surface area contributed by atoms with Gasteiger partial charge >= 0.3 is 0 Å². The van der Waals surface area contributed by atoms with Crippen LogP contribution in [0.1, 0.15) is 26.2 Å². The van der Waals surface area contributed by atoms with Crippen molar-refractivity contribution in [3.8, 4) is 0 Å². The summed E-state index contributed by atoms with van der Waals surface area (Å²) in [5.41, 5.74) is 0.590. The van der Waals surface area contributed by atoms with Gasteiger partial charge in [-0.2, -0.15) is 0 Å². The van der Waals surface area contributed by atoms with Crippen molar-refractivity contribution in [2.75, 3.05) is 31.7 Å². The second kappa shape index (κ2) is 6.68. The molecule has 0 aromatic carbocycles. The van der Waals surface area contributed by atoms with E-state index in [0.29, 0.717) is 24.4 Å². The molecule has 2 aliphatic rings. The van der Waals surface area contributed by atoms with Crippen molar-refractivity contribution in [3.05, 3.63) is 11.3 Å². The van der Waals surface area contributed by atoms with Crippen LogP contribution in [0.4, 0.5) is 0 Å². The number of amides is 2. The van der Waals surface area contributed by atoms with Crippen LogP contribution in [0.2, 0.25) is 0 Å². The fourth-order valence-corrected chi connectivity index (χ4v) is 4.33. The smallest absolute Gasteiger partial charge is 0.253 e. The quantitative estimate of drug-likeness (QED) is 0.776. The van der Waals surface area contributed by atoms with Crippen molar-refractivity contribution in [1.29, 1.82) is 0 Å². The SMILES string of the molecule is CNC(=O)CC1CS(=O)(=O)CCN1C(=O)C1=C(C)OCCC1. The van der Waals surface area contributed by atoms with Crippen LogP contribution >= 0.6 is 0 Å². The fourth-order valence-electron chi connectivity index (χ4n) is 2.81. The molecule has 2 aliphatic heterocycles. The highest BCUT2D eigenvalue weighted by molar-refractivity contribution is 7.91. The van der Waals surface area contributed by atoms with Crippen LogP contribution in [-0.2, 0) is 24.2 Å². The summed E-state index contributed by atoms with van der Waals surface area (Å²) in [6.45, 7) is 2.47. The molecular weight excluding hydrogens is 308 g/mol. The highest BCUT2D eigenvalue weighted by Gasteiger charge is 2.37. The van der Waals surface area contributed by atoms with E-state index in [1.165, 1.54) is 11.9 Å². The number of carbonyl (C=O) groups is 2. The van der Waals surface area contributed by atoms with Gasteiger partial charge in [0.1, 0.15) is 5.76 Å². The highest BCUT2D eigenvalue weighted by Crippen LogP contribution is 2.24. The first-order valence-corrected chi connectivity index (χ1v) is 9.20. The maximum absolute atomic E-state index is 12.7. The first-order chi connectivity index (χ1) is 10.3. The molecule has 8 heteroatoms. The zero-order valence-corrected chi connectivity index (χ0v) is 13.7. The number of allylic oxidation sites excluding steroid dienone is 1. The lowest BCUT2D eigenvalue weighted by molar-refractivity contribution is -0.131. The van der Waals surface area contributed by atoms with Crippen LogP contribution in [0.25, 0.3) is 0 Å². The number of rotatable bonds is 3. The van der Waals surface area contributed by atoms with E-state index in [9.17, 15) is 18.0 Å². The number of carbonyl (C=O) groups excluding carboxylic acids is 2.